The van der Waals surface area contributed by atoms with Gasteiger partial charge in [0.1, 0.15) is 0 Å². The van der Waals surface area contributed by atoms with Gasteiger partial charge in [0.05, 0.1) is 12.7 Å². The zero-order valence-electron chi connectivity index (χ0n) is 9.52. The molecule has 0 saturated carbocycles. The molecular formula is C10H18N2O5. The fourth-order valence-electron chi connectivity index (χ4n) is 1.57. The van der Waals surface area contributed by atoms with Gasteiger partial charge in [0, 0.05) is 13.2 Å². The van der Waals surface area contributed by atoms with Gasteiger partial charge in [-0.15, -0.1) is 0 Å². The number of aliphatic hydroxyl groups is 1. The van der Waals surface area contributed by atoms with E-state index in [1.807, 2.05) is 0 Å². The van der Waals surface area contributed by atoms with Crippen molar-refractivity contribution in [1.82, 2.24) is 10.6 Å². The maximum Gasteiger partial charge on any atom is 0.328 e. The van der Waals surface area contributed by atoms with E-state index in [4.69, 9.17) is 14.9 Å². The smallest absolute Gasteiger partial charge is 0.328 e. The van der Waals surface area contributed by atoms with E-state index in [1.54, 1.807) is 0 Å². The summed E-state index contributed by atoms with van der Waals surface area (Å²) in [5, 5.41) is 22.0. The fraction of sp³-hybridized carbons (Fsp3) is 0.800. The molecule has 2 amide bonds. The highest BCUT2D eigenvalue weighted by molar-refractivity contribution is 5.82. The molecule has 0 radical (unpaired) electrons. The van der Waals surface area contributed by atoms with Crippen LogP contribution in [0.25, 0.3) is 0 Å². The topological polar surface area (TPSA) is 108 Å². The number of aliphatic hydroxyl groups excluding tert-OH is 1. The molecule has 7 nitrogen and oxygen atoms in total. The first-order valence-corrected chi connectivity index (χ1v) is 5.63. The Morgan fingerprint density at radius 1 is 1.41 bits per heavy atom. The van der Waals surface area contributed by atoms with Gasteiger partial charge in [0.25, 0.3) is 0 Å². The maximum atomic E-state index is 11.3. The number of carboxylic acids is 1. The van der Waals surface area contributed by atoms with E-state index in [-0.39, 0.29) is 6.10 Å². The van der Waals surface area contributed by atoms with Crippen LogP contribution in [0.2, 0.25) is 0 Å². The molecule has 0 bridgehead atoms. The van der Waals surface area contributed by atoms with Crippen molar-refractivity contribution in [3.8, 4) is 0 Å². The van der Waals surface area contributed by atoms with Crippen LogP contribution in [-0.4, -0.2) is 54.1 Å². The first kappa shape index (κ1) is 13.7. The van der Waals surface area contributed by atoms with Gasteiger partial charge in [-0.25, -0.2) is 9.59 Å². The van der Waals surface area contributed by atoms with Crippen LogP contribution < -0.4 is 10.6 Å². The molecule has 0 aromatic carbocycles. The van der Waals surface area contributed by atoms with Crippen LogP contribution >= 0.6 is 0 Å². The summed E-state index contributed by atoms with van der Waals surface area (Å²) in [6.45, 7) is 0.411. The minimum atomic E-state index is -1.28. The molecule has 1 heterocycles. The fourth-order valence-corrected chi connectivity index (χ4v) is 1.57. The summed E-state index contributed by atoms with van der Waals surface area (Å²) in [4.78, 5) is 21.9. The number of amides is 2. The van der Waals surface area contributed by atoms with Crippen LogP contribution in [0.5, 0.6) is 0 Å². The van der Waals surface area contributed by atoms with Crippen molar-refractivity contribution in [2.75, 3.05) is 19.8 Å². The third kappa shape index (κ3) is 5.01. The minimum absolute atomic E-state index is 0.00750. The molecule has 1 aliphatic rings. The Labute approximate surface area is 99.1 Å². The van der Waals surface area contributed by atoms with Crippen molar-refractivity contribution >= 4 is 12.0 Å². The number of ether oxygens (including phenoxy) is 1. The van der Waals surface area contributed by atoms with E-state index in [1.165, 1.54) is 0 Å². The highest BCUT2D eigenvalue weighted by Gasteiger charge is 2.19. The third-order valence-corrected chi connectivity index (χ3v) is 2.55. The van der Waals surface area contributed by atoms with E-state index in [9.17, 15) is 9.59 Å². The van der Waals surface area contributed by atoms with Crippen LogP contribution in [0.1, 0.15) is 19.3 Å². The number of carbonyl (C=O) groups is 2. The van der Waals surface area contributed by atoms with Crippen LogP contribution in [0.15, 0.2) is 0 Å². The van der Waals surface area contributed by atoms with Crippen molar-refractivity contribution in [2.24, 2.45) is 0 Å². The van der Waals surface area contributed by atoms with Gasteiger partial charge in [0.2, 0.25) is 0 Å². The van der Waals surface area contributed by atoms with Crippen molar-refractivity contribution in [2.45, 2.75) is 31.4 Å². The summed E-state index contributed by atoms with van der Waals surface area (Å²) in [6.07, 6.45) is 2.99. The predicted octanol–water partition coefficient (Wildman–Crippen LogP) is -0.700. The Balaban J connectivity index is 2.21. The number of carbonyl (C=O) groups excluding carboxylic acids is 1. The first-order chi connectivity index (χ1) is 8.13. The van der Waals surface area contributed by atoms with E-state index < -0.39 is 24.6 Å². The van der Waals surface area contributed by atoms with Crippen molar-refractivity contribution in [3.05, 3.63) is 0 Å². The Kier molecular flexibility index (Phi) is 5.71. The van der Waals surface area contributed by atoms with Crippen molar-refractivity contribution in [3.63, 3.8) is 0 Å². The molecule has 0 aromatic rings. The van der Waals surface area contributed by atoms with Crippen LogP contribution in [-0.2, 0) is 9.53 Å². The van der Waals surface area contributed by atoms with Crippen molar-refractivity contribution < 1.29 is 24.5 Å². The Hall–Kier alpha value is -1.34. The molecule has 17 heavy (non-hydrogen) atoms. The van der Waals surface area contributed by atoms with E-state index in [2.05, 4.69) is 10.6 Å². The molecule has 1 saturated heterocycles. The molecule has 1 rings (SSSR count). The largest absolute Gasteiger partial charge is 0.480 e. The number of carboxylic acid groups (broad SMARTS) is 1. The lowest BCUT2D eigenvalue weighted by atomic mass is 10.1. The van der Waals surface area contributed by atoms with E-state index >= 15 is 0 Å². The highest BCUT2D eigenvalue weighted by atomic mass is 16.5. The van der Waals surface area contributed by atoms with Crippen LogP contribution in [0.3, 0.4) is 0 Å². The Bertz CT molecular complexity index is 265. The monoisotopic (exact) mass is 246 g/mol. The second-order valence-electron chi connectivity index (χ2n) is 3.92. The Morgan fingerprint density at radius 3 is 2.71 bits per heavy atom. The summed E-state index contributed by atoms with van der Waals surface area (Å²) < 4.78 is 5.40. The molecule has 0 aliphatic carbocycles. The summed E-state index contributed by atoms with van der Waals surface area (Å²) in [5.74, 6) is -1.27. The molecule has 1 fully saturated rings. The zero-order valence-corrected chi connectivity index (χ0v) is 9.52. The highest BCUT2D eigenvalue weighted by Crippen LogP contribution is 2.11. The number of hydrogen-bond acceptors (Lipinski definition) is 4. The summed E-state index contributed by atoms with van der Waals surface area (Å²) >= 11 is 0. The molecule has 2 atom stereocenters. The molecule has 0 spiro atoms. The predicted molar refractivity (Wildman–Crippen MR) is 58.6 cm³/mol. The standard InChI is InChI=1S/C10H18N2O5/c13-6-8(9(14)15)12-10(16)11-5-7-3-1-2-4-17-7/h7-8,13H,1-6H2,(H,14,15)(H2,11,12,16). The average molecular weight is 246 g/mol. The number of hydrogen-bond donors (Lipinski definition) is 4. The molecule has 1 aliphatic heterocycles. The summed E-state index contributed by atoms with van der Waals surface area (Å²) in [6, 6.07) is -1.89. The molecule has 2 unspecified atom stereocenters. The van der Waals surface area contributed by atoms with Gasteiger partial charge in [-0.05, 0) is 19.3 Å². The molecule has 0 aromatic heterocycles. The normalized spacial score (nSPS) is 21.6. The minimum Gasteiger partial charge on any atom is -0.480 e. The van der Waals surface area contributed by atoms with Crippen LogP contribution in [0, 0.1) is 0 Å². The number of nitrogens with one attached hydrogen (secondary N) is 2. The SMILES string of the molecule is O=C(NCC1CCCCO1)NC(CO)C(=O)O. The van der Waals surface area contributed by atoms with E-state index in [0.717, 1.165) is 19.3 Å². The van der Waals surface area contributed by atoms with Crippen molar-refractivity contribution in [1.29, 1.82) is 0 Å². The van der Waals surface area contributed by atoms with Gasteiger partial charge >= 0.3 is 12.0 Å². The van der Waals surface area contributed by atoms with E-state index in [0.29, 0.717) is 13.2 Å². The number of rotatable bonds is 5. The number of urea groups is 1. The number of aliphatic carboxylic acids is 1. The quantitative estimate of drug-likeness (QED) is 0.513. The molecule has 4 N–H and O–H groups in total. The zero-order chi connectivity index (χ0) is 12.7. The van der Waals surface area contributed by atoms with Gasteiger partial charge in [0.15, 0.2) is 6.04 Å². The lowest BCUT2D eigenvalue weighted by Gasteiger charge is -2.23. The second-order valence-corrected chi connectivity index (χ2v) is 3.92. The van der Waals surface area contributed by atoms with Gasteiger partial charge in [-0.2, -0.15) is 0 Å². The Morgan fingerprint density at radius 2 is 2.18 bits per heavy atom. The van der Waals surface area contributed by atoms with Gasteiger partial charge < -0.3 is 25.6 Å². The lowest BCUT2D eigenvalue weighted by Crippen LogP contribution is -2.49. The lowest BCUT2D eigenvalue weighted by molar-refractivity contribution is -0.140. The van der Waals surface area contributed by atoms with Crippen LogP contribution in [0.4, 0.5) is 4.79 Å². The van der Waals surface area contributed by atoms with Gasteiger partial charge in [-0.1, -0.05) is 0 Å². The summed E-state index contributed by atoms with van der Waals surface area (Å²) in [5.41, 5.74) is 0. The molecular weight excluding hydrogens is 228 g/mol. The average Bonchev–Trinajstić information content (AvgIpc) is 2.34. The maximum absolute atomic E-state index is 11.3. The molecule has 98 valence electrons. The molecule has 7 heteroatoms. The summed E-state index contributed by atoms with van der Waals surface area (Å²) in [7, 11) is 0. The second kappa shape index (κ2) is 7.08. The third-order valence-electron chi connectivity index (χ3n) is 2.55. The first-order valence-electron chi connectivity index (χ1n) is 5.63. The van der Waals surface area contributed by atoms with Gasteiger partial charge in [-0.3, -0.25) is 0 Å².